The number of hydrogen-bond donors (Lipinski definition) is 0. The predicted octanol–water partition coefficient (Wildman–Crippen LogP) is 1.97. The zero-order valence-corrected chi connectivity index (χ0v) is 10.7. The highest BCUT2D eigenvalue weighted by molar-refractivity contribution is 5.89. The molecule has 0 fully saturated rings. The van der Waals surface area contributed by atoms with Crippen LogP contribution < -0.4 is 0 Å². The zero-order valence-electron chi connectivity index (χ0n) is 10.7. The molecule has 0 aliphatic carbocycles. The molecule has 0 aliphatic rings. The van der Waals surface area contributed by atoms with Gasteiger partial charge in [-0.1, -0.05) is 17.9 Å². The Hall–Kier alpha value is -2.67. The summed E-state index contributed by atoms with van der Waals surface area (Å²) in [5.41, 5.74) is 3.00. The number of esters is 1. The van der Waals surface area contributed by atoms with Crippen molar-refractivity contribution in [3.8, 4) is 11.8 Å². The standard InChI is InChI=1S/C15H12N2O2/c1-11-3-5-14(15(18)19-2)7-13(11)6-4-12-8-16-10-17-9-12/h3,5,7-10H,1-2H3. The molecule has 19 heavy (non-hydrogen) atoms. The Kier molecular flexibility index (Phi) is 3.89. The van der Waals surface area contributed by atoms with E-state index in [1.807, 2.05) is 13.0 Å². The molecular formula is C15H12N2O2. The summed E-state index contributed by atoms with van der Waals surface area (Å²) in [7, 11) is 1.36. The molecule has 0 saturated carbocycles. The van der Waals surface area contributed by atoms with Crippen molar-refractivity contribution in [1.82, 2.24) is 9.97 Å². The van der Waals surface area contributed by atoms with Gasteiger partial charge in [0.2, 0.25) is 0 Å². The number of nitrogens with zero attached hydrogens (tertiary/aromatic N) is 2. The number of methoxy groups -OCH3 is 1. The highest BCUT2D eigenvalue weighted by Gasteiger charge is 2.06. The summed E-state index contributed by atoms with van der Waals surface area (Å²) in [6, 6.07) is 5.29. The summed E-state index contributed by atoms with van der Waals surface area (Å²) in [6.45, 7) is 1.94. The lowest BCUT2D eigenvalue weighted by Crippen LogP contribution is -2.01. The SMILES string of the molecule is COC(=O)c1ccc(C)c(C#Cc2cncnc2)c1. The van der Waals surface area contributed by atoms with Crippen molar-refractivity contribution >= 4 is 5.97 Å². The van der Waals surface area contributed by atoms with Gasteiger partial charge < -0.3 is 4.74 Å². The third kappa shape index (κ3) is 3.17. The molecule has 1 heterocycles. The second-order valence-corrected chi connectivity index (χ2v) is 3.90. The van der Waals surface area contributed by atoms with Crippen LogP contribution in [0.15, 0.2) is 36.9 Å². The van der Waals surface area contributed by atoms with Gasteiger partial charge in [-0.15, -0.1) is 0 Å². The second-order valence-electron chi connectivity index (χ2n) is 3.90. The maximum Gasteiger partial charge on any atom is 0.337 e. The van der Waals surface area contributed by atoms with Crippen molar-refractivity contribution in [3.63, 3.8) is 0 Å². The molecule has 4 nitrogen and oxygen atoms in total. The number of benzene rings is 1. The normalized spacial score (nSPS) is 9.37. The molecule has 1 aromatic carbocycles. The Labute approximate surface area is 111 Å². The first-order valence-corrected chi connectivity index (χ1v) is 5.66. The quantitative estimate of drug-likeness (QED) is 0.575. The number of carbonyl (C=O) groups excluding carboxylic acids is 1. The number of aryl methyl sites for hydroxylation is 1. The molecule has 0 spiro atoms. The minimum atomic E-state index is -0.369. The van der Waals surface area contributed by atoms with Crippen molar-refractivity contribution in [3.05, 3.63) is 59.2 Å². The van der Waals surface area contributed by atoms with E-state index in [-0.39, 0.29) is 5.97 Å². The molecule has 0 saturated heterocycles. The number of carbonyl (C=O) groups is 1. The largest absolute Gasteiger partial charge is 0.465 e. The first-order valence-electron chi connectivity index (χ1n) is 5.66. The van der Waals surface area contributed by atoms with E-state index in [4.69, 9.17) is 0 Å². The van der Waals surface area contributed by atoms with E-state index >= 15 is 0 Å². The predicted molar refractivity (Wildman–Crippen MR) is 70.5 cm³/mol. The summed E-state index contributed by atoms with van der Waals surface area (Å²) in [5, 5.41) is 0. The van der Waals surface area contributed by atoms with E-state index < -0.39 is 0 Å². The Balaban J connectivity index is 2.35. The van der Waals surface area contributed by atoms with Crippen LogP contribution in [0.4, 0.5) is 0 Å². The van der Waals surface area contributed by atoms with Crippen molar-refractivity contribution < 1.29 is 9.53 Å². The van der Waals surface area contributed by atoms with E-state index in [1.165, 1.54) is 13.4 Å². The van der Waals surface area contributed by atoms with Crippen LogP contribution in [0.1, 0.15) is 27.0 Å². The molecule has 4 heteroatoms. The van der Waals surface area contributed by atoms with Gasteiger partial charge in [0.05, 0.1) is 18.2 Å². The van der Waals surface area contributed by atoms with E-state index in [0.717, 1.165) is 16.7 Å². The summed E-state index contributed by atoms with van der Waals surface area (Å²) in [4.78, 5) is 19.2. The fourth-order valence-corrected chi connectivity index (χ4v) is 1.50. The Morgan fingerprint density at radius 1 is 1.21 bits per heavy atom. The average molecular weight is 252 g/mol. The van der Waals surface area contributed by atoms with E-state index in [1.54, 1.807) is 24.5 Å². The molecule has 0 atom stereocenters. The highest BCUT2D eigenvalue weighted by Crippen LogP contribution is 2.11. The van der Waals surface area contributed by atoms with E-state index in [9.17, 15) is 4.79 Å². The molecule has 0 radical (unpaired) electrons. The van der Waals surface area contributed by atoms with Gasteiger partial charge in [-0.05, 0) is 24.6 Å². The molecule has 0 unspecified atom stereocenters. The van der Waals surface area contributed by atoms with Gasteiger partial charge in [-0.3, -0.25) is 0 Å². The van der Waals surface area contributed by atoms with Crippen LogP contribution >= 0.6 is 0 Å². The minimum absolute atomic E-state index is 0.369. The Morgan fingerprint density at radius 2 is 1.95 bits per heavy atom. The lowest BCUT2D eigenvalue weighted by molar-refractivity contribution is 0.0600. The highest BCUT2D eigenvalue weighted by atomic mass is 16.5. The summed E-state index contributed by atoms with van der Waals surface area (Å²) in [6.07, 6.45) is 4.73. The van der Waals surface area contributed by atoms with Crippen molar-refractivity contribution in [1.29, 1.82) is 0 Å². The summed E-state index contributed by atoms with van der Waals surface area (Å²) < 4.78 is 4.69. The monoisotopic (exact) mass is 252 g/mol. The van der Waals surface area contributed by atoms with Gasteiger partial charge in [0.15, 0.2) is 0 Å². The molecule has 2 aromatic rings. The third-order valence-electron chi connectivity index (χ3n) is 2.56. The van der Waals surface area contributed by atoms with Gasteiger partial charge >= 0.3 is 5.97 Å². The lowest BCUT2D eigenvalue weighted by atomic mass is 10.1. The van der Waals surface area contributed by atoms with Crippen LogP contribution in [0, 0.1) is 18.8 Å². The molecule has 0 N–H and O–H groups in total. The van der Waals surface area contributed by atoms with Crippen LogP contribution in [0.5, 0.6) is 0 Å². The fraction of sp³-hybridized carbons (Fsp3) is 0.133. The molecule has 0 aliphatic heterocycles. The van der Waals surface area contributed by atoms with Gasteiger partial charge in [-0.2, -0.15) is 0 Å². The second kappa shape index (κ2) is 5.78. The van der Waals surface area contributed by atoms with Gasteiger partial charge in [0.1, 0.15) is 6.33 Å². The Morgan fingerprint density at radius 3 is 2.63 bits per heavy atom. The van der Waals surface area contributed by atoms with Crippen molar-refractivity contribution in [2.45, 2.75) is 6.92 Å². The summed E-state index contributed by atoms with van der Waals surface area (Å²) >= 11 is 0. The molecule has 94 valence electrons. The zero-order chi connectivity index (χ0) is 13.7. The van der Waals surface area contributed by atoms with Crippen molar-refractivity contribution in [2.24, 2.45) is 0 Å². The molecule has 0 bridgehead atoms. The van der Waals surface area contributed by atoms with Gasteiger partial charge in [0.25, 0.3) is 0 Å². The third-order valence-corrected chi connectivity index (χ3v) is 2.56. The van der Waals surface area contributed by atoms with Crippen LogP contribution in [-0.2, 0) is 4.74 Å². The fourth-order valence-electron chi connectivity index (χ4n) is 1.50. The van der Waals surface area contributed by atoms with Crippen LogP contribution in [-0.4, -0.2) is 23.0 Å². The number of rotatable bonds is 1. The van der Waals surface area contributed by atoms with E-state index in [2.05, 4.69) is 26.5 Å². The average Bonchev–Trinajstić information content (AvgIpc) is 2.46. The first-order chi connectivity index (χ1) is 9.20. The van der Waals surface area contributed by atoms with Crippen LogP contribution in [0.25, 0.3) is 0 Å². The smallest absolute Gasteiger partial charge is 0.337 e. The molecular weight excluding hydrogens is 240 g/mol. The van der Waals surface area contributed by atoms with Gasteiger partial charge in [0, 0.05) is 18.0 Å². The maximum atomic E-state index is 11.5. The molecule has 2 rings (SSSR count). The molecule has 1 aromatic heterocycles. The number of aromatic nitrogens is 2. The van der Waals surface area contributed by atoms with Crippen LogP contribution in [0.2, 0.25) is 0 Å². The Bertz CT molecular complexity index is 655. The van der Waals surface area contributed by atoms with E-state index in [0.29, 0.717) is 5.56 Å². The number of hydrogen-bond acceptors (Lipinski definition) is 4. The van der Waals surface area contributed by atoms with Gasteiger partial charge in [-0.25, -0.2) is 14.8 Å². The number of ether oxygens (including phenoxy) is 1. The lowest BCUT2D eigenvalue weighted by Gasteiger charge is -2.02. The first kappa shape index (κ1) is 12.8. The van der Waals surface area contributed by atoms with Crippen LogP contribution in [0.3, 0.4) is 0 Å². The molecule has 0 amide bonds. The maximum absolute atomic E-state index is 11.5. The summed E-state index contributed by atoms with van der Waals surface area (Å²) in [5.74, 6) is 5.60. The minimum Gasteiger partial charge on any atom is -0.465 e. The van der Waals surface area contributed by atoms with Crippen molar-refractivity contribution in [2.75, 3.05) is 7.11 Å². The topological polar surface area (TPSA) is 52.1 Å².